The van der Waals surface area contributed by atoms with E-state index in [0.717, 1.165) is 16.9 Å². The minimum Gasteiger partial charge on any atom is -0.337 e. The Kier molecular flexibility index (Phi) is 3.86. The molecular formula is C21H15FN4. The standard InChI is InChI=1S/C21H15FN4/c1-14-5-2-3-7-20(14)26-10-4-6-17(26)11-15(13-23)21-24-18-9-8-16(22)12-19(18)25-21/h2-12H,1H3,(H,24,25)/b15-11-. The van der Waals surface area contributed by atoms with Gasteiger partial charge in [0.1, 0.15) is 17.7 Å². The Morgan fingerprint density at radius 1 is 1.19 bits per heavy atom. The van der Waals surface area contributed by atoms with Gasteiger partial charge >= 0.3 is 0 Å². The molecule has 0 saturated heterocycles. The second-order valence-electron chi connectivity index (χ2n) is 6.01. The van der Waals surface area contributed by atoms with Crippen LogP contribution in [0.4, 0.5) is 4.39 Å². The number of aromatic nitrogens is 3. The highest BCUT2D eigenvalue weighted by Crippen LogP contribution is 2.23. The molecule has 126 valence electrons. The summed E-state index contributed by atoms with van der Waals surface area (Å²) in [5.74, 6) is 0.0780. The van der Waals surface area contributed by atoms with Crippen LogP contribution in [0.5, 0.6) is 0 Å². The molecule has 26 heavy (non-hydrogen) atoms. The predicted octanol–water partition coefficient (Wildman–Crippen LogP) is 4.87. The van der Waals surface area contributed by atoms with Gasteiger partial charge in [0.15, 0.2) is 0 Å². The lowest BCUT2D eigenvalue weighted by Gasteiger charge is -2.10. The van der Waals surface area contributed by atoms with Crippen molar-refractivity contribution in [2.45, 2.75) is 6.92 Å². The maximum Gasteiger partial charge on any atom is 0.149 e. The van der Waals surface area contributed by atoms with E-state index in [1.165, 1.54) is 12.1 Å². The molecule has 0 aliphatic heterocycles. The van der Waals surface area contributed by atoms with Crippen LogP contribution in [-0.2, 0) is 0 Å². The molecule has 0 spiro atoms. The van der Waals surface area contributed by atoms with Gasteiger partial charge in [0.05, 0.1) is 16.6 Å². The number of para-hydroxylation sites is 1. The molecule has 5 heteroatoms. The van der Waals surface area contributed by atoms with E-state index in [1.54, 1.807) is 12.1 Å². The van der Waals surface area contributed by atoms with Crippen molar-refractivity contribution in [1.29, 1.82) is 5.26 Å². The molecule has 0 bridgehead atoms. The smallest absolute Gasteiger partial charge is 0.149 e. The third-order valence-electron chi connectivity index (χ3n) is 4.27. The fourth-order valence-corrected chi connectivity index (χ4v) is 2.98. The maximum absolute atomic E-state index is 13.4. The molecule has 2 heterocycles. The molecule has 0 radical (unpaired) electrons. The van der Waals surface area contributed by atoms with Crippen LogP contribution in [-0.4, -0.2) is 14.5 Å². The monoisotopic (exact) mass is 342 g/mol. The summed E-state index contributed by atoms with van der Waals surface area (Å²) in [4.78, 5) is 7.42. The quantitative estimate of drug-likeness (QED) is 0.540. The fraction of sp³-hybridized carbons (Fsp3) is 0.0476. The molecular weight excluding hydrogens is 327 g/mol. The molecule has 1 N–H and O–H groups in total. The number of hydrogen-bond donors (Lipinski definition) is 1. The first-order valence-corrected chi connectivity index (χ1v) is 8.16. The first-order chi connectivity index (χ1) is 12.7. The first-order valence-electron chi connectivity index (χ1n) is 8.16. The number of fused-ring (bicyclic) bond motifs is 1. The molecule has 0 aliphatic rings. The number of benzene rings is 2. The minimum absolute atomic E-state index is 0.344. The number of nitrogens with one attached hydrogen (secondary N) is 1. The molecule has 2 aromatic carbocycles. The Labute approximate surface area is 149 Å². The van der Waals surface area contributed by atoms with Gasteiger partial charge in [-0.25, -0.2) is 9.37 Å². The summed E-state index contributed by atoms with van der Waals surface area (Å²) in [6.07, 6.45) is 3.73. The number of allylic oxidation sites excluding steroid dienone is 1. The second-order valence-corrected chi connectivity index (χ2v) is 6.01. The van der Waals surface area contributed by atoms with Gasteiger partial charge in [-0.1, -0.05) is 18.2 Å². The van der Waals surface area contributed by atoms with Gasteiger partial charge in [-0.3, -0.25) is 0 Å². The van der Waals surface area contributed by atoms with E-state index in [1.807, 2.05) is 54.1 Å². The van der Waals surface area contributed by atoms with E-state index in [4.69, 9.17) is 0 Å². The van der Waals surface area contributed by atoms with E-state index < -0.39 is 0 Å². The number of nitriles is 1. The summed E-state index contributed by atoms with van der Waals surface area (Å²) in [5.41, 5.74) is 4.62. The largest absolute Gasteiger partial charge is 0.337 e. The van der Waals surface area contributed by atoms with E-state index in [2.05, 4.69) is 16.0 Å². The van der Waals surface area contributed by atoms with Crippen molar-refractivity contribution >= 4 is 22.7 Å². The lowest BCUT2D eigenvalue weighted by molar-refractivity contribution is 0.629. The maximum atomic E-state index is 13.4. The molecule has 4 aromatic rings. The van der Waals surface area contributed by atoms with Gasteiger partial charge in [0.25, 0.3) is 0 Å². The number of aryl methyl sites for hydroxylation is 1. The van der Waals surface area contributed by atoms with Gasteiger partial charge in [-0.05, 0) is 55.0 Å². The molecule has 0 aliphatic carbocycles. The van der Waals surface area contributed by atoms with Crippen LogP contribution in [0.2, 0.25) is 0 Å². The van der Waals surface area contributed by atoms with Crippen molar-refractivity contribution in [3.05, 3.63) is 83.7 Å². The summed E-state index contributed by atoms with van der Waals surface area (Å²) >= 11 is 0. The van der Waals surface area contributed by atoms with Crippen LogP contribution >= 0.6 is 0 Å². The first kappa shape index (κ1) is 15.9. The Hall–Kier alpha value is -3.65. The molecule has 0 amide bonds. The Balaban J connectivity index is 1.81. The molecule has 4 nitrogen and oxygen atoms in total. The summed E-state index contributed by atoms with van der Waals surface area (Å²) in [5, 5.41) is 9.61. The summed E-state index contributed by atoms with van der Waals surface area (Å²) < 4.78 is 15.4. The molecule has 0 fully saturated rings. The van der Waals surface area contributed by atoms with Crippen molar-refractivity contribution in [3.63, 3.8) is 0 Å². The van der Waals surface area contributed by atoms with Crippen molar-refractivity contribution in [2.24, 2.45) is 0 Å². The third-order valence-corrected chi connectivity index (χ3v) is 4.27. The molecule has 0 atom stereocenters. The van der Waals surface area contributed by atoms with Crippen LogP contribution in [0.1, 0.15) is 17.1 Å². The summed E-state index contributed by atoms with van der Waals surface area (Å²) in [6.45, 7) is 2.04. The lowest BCUT2D eigenvalue weighted by Crippen LogP contribution is -1.98. The predicted molar refractivity (Wildman–Crippen MR) is 100 cm³/mol. The topological polar surface area (TPSA) is 57.4 Å². The molecule has 0 saturated carbocycles. The molecule has 2 aromatic heterocycles. The number of aromatic amines is 1. The van der Waals surface area contributed by atoms with Crippen molar-refractivity contribution in [1.82, 2.24) is 14.5 Å². The van der Waals surface area contributed by atoms with Crippen LogP contribution in [0.25, 0.3) is 28.4 Å². The average molecular weight is 342 g/mol. The fourth-order valence-electron chi connectivity index (χ4n) is 2.98. The summed E-state index contributed by atoms with van der Waals surface area (Å²) in [6, 6.07) is 18.4. The van der Waals surface area contributed by atoms with E-state index >= 15 is 0 Å². The number of rotatable bonds is 3. The van der Waals surface area contributed by atoms with E-state index in [0.29, 0.717) is 22.4 Å². The number of hydrogen-bond acceptors (Lipinski definition) is 2. The van der Waals surface area contributed by atoms with Gasteiger partial charge in [-0.15, -0.1) is 0 Å². The van der Waals surface area contributed by atoms with Crippen LogP contribution in [0, 0.1) is 24.1 Å². The van der Waals surface area contributed by atoms with Gasteiger partial charge < -0.3 is 9.55 Å². The number of halogens is 1. The average Bonchev–Trinajstić information content (AvgIpc) is 3.26. The van der Waals surface area contributed by atoms with Gasteiger partial charge in [0, 0.05) is 17.6 Å². The highest BCUT2D eigenvalue weighted by Gasteiger charge is 2.11. The van der Waals surface area contributed by atoms with Gasteiger partial charge in [-0.2, -0.15) is 5.26 Å². The van der Waals surface area contributed by atoms with Crippen molar-refractivity contribution < 1.29 is 4.39 Å². The lowest BCUT2D eigenvalue weighted by atomic mass is 10.2. The summed E-state index contributed by atoms with van der Waals surface area (Å²) in [7, 11) is 0. The minimum atomic E-state index is -0.344. The zero-order valence-electron chi connectivity index (χ0n) is 14.1. The third kappa shape index (κ3) is 2.78. The Bertz CT molecular complexity index is 1170. The van der Waals surface area contributed by atoms with Crippen molar-refractivity contribution in [2.75, 3.05) is 0 Å². The van der Waals surface area contributed by atoms with Crippen LogP contribution in [0.15, 0.2) is 60.8 Å². The normalized spacial score (nSPS) is 11.7. The Morgan fingerprint density at radius 3 is 2.85 bits per heavy atom. The number of imidazole rings is 1. The Morgan fingerprint density at radius 2 is 2.04 bits per heavy atom. The van der Waals surface area contributed by atoms with Crippen LogP contribution in [0.3, 0.4) is 0 Å². The van der Waals surface area contributed by atoms with E-state index in [9.17, 15) is 9.65 Å². The second kappa shape index (κ2) is 6.34. The highest BCUT2D eigenvalue weighted by molar-refractivity contribution is 5.90. The molecule has 0 unspecified atom stereocenters. The van der Waals surface area contributed by atoms with Crippen LogP contribution < -0.4 is 0 Å². The SMILES string of the molecule is Cc1ccccc1-n1cccc1/C=C(/C#N)c1nc2ccc(F)cc2[nH]1. The number of H-pyrrole nitrogens is 1. The molecule has 4 rings (SSSR count). The van der Waals surface area contributed by atoms with E-state index in [-0.39, 0.29) is 5.82 Å². The zero-order valence-corrected chi connectivity index (χ0v) is 14.1. The van der Waals surface area contributed by atoms with Crippen molar-refractivity contribution in [3.8, 4) is 11.8 Å². The zero-order chi connectivity index (χ0) is 18.1. The van der Waals surface area contributed by atoms with Gasteiger partial charge in [0.2, 0.25) is 0 Å². The highest BCUT2D eigenvalue weighted by atomic mass is 19.1. The number of nitrogens with zero attached hydrogens (tertiary/aromatic N) is 3.